The van der Waals surface area contributed by atoms with Crippen LogP contribution >= 0.6 is 0 Å². The van der Waals surface area contributed by atoms with E-state index in [4.69, 9.17) is 10.5 Å². The molecular formula is C13H15F4NO. The smallest absolute Gasteiger partial charge is 0.379 e. The Morgan fingerprint density at radius 3 is 2.37 bits per heavy atom. The van der Waals surface area contributed by atoms with Crippen molar-refractivity contribution in [1.29, 1.82) is 0 Å². The zero-order valence-corrected chi connectivity index (χ0v) is 10.4. The largest absolute Gasteiger partial charge is 0.419 e. The number of halogens is 4. The van der Waals surface area contributed by atoms with E-state index in [1.807, 2.05) is 0 Å². The summed E-state index contributed by atoms with van der Waals surface area (Å²) in [4.78, 5) is 0. The first-order valence-electron chi connectivity index (χ1n) is 5.99. The van der Waals surface area contributed by atoms with Crippen LogP contribution in [0.1, 0.15) is 30.0 Å². The standard InChI is InChI=1S/C13H15F4NO/c1-19-12(7-2-3-7)11(18)8-4-5-9(10(14)6-8)13(15,16)17/h4-7,11-12H,2-3,18H2,1H3. The minimum atomic E-state index is -4.69. The summed E-state index contributed by atoms with van der Waals surface area (Å²) in [5.41, 5.74) is 4.99. The molecule has 2 N–H and O–H groups in total. The van der Waals surface area contributed by atoms with Crippen molar-refractivity contribution < 1.29 is 22.3 Å². The lowest BCUT2D eigenvalue weighted by Crippen LogP contribution is -2.30. The fourth-order valence-corrected chi connectivity index (χ4v) is 2.22. The van der Waals surface area contributed by atoms with Crippen molar-refractivity contribution >= 4 is 0 Å². The van der Waals surface area contributed by atoms with Gasteiger partial charge in [-0.2, -0.15) is 13.2 Å². The first kappa shape index (κ1) is 14.3. The summed E-state index contributed by atoms with van der Waals surface area (Å²) < 4.78 is 56.1. The third kappa shape index (κ3) is 3.06. The molecule has 1 aromatic carbocycles. The number of nitrogens with two attached hydrogens (primary N) is 1. The fourth-order valence-electron chi connectivity index (χ4n) is 2.22. The highest BCUT2D eigenvalue weighted by molar-refractivity contribution is 5.29. The van der Waals surface area contributed by atoms with Crippen LogP contribution in [0.3, 0.4) is 0 Å². The fraction of sp³-hybridized carbons (Fsp3) is 0.538. The Balaban J connectivity index is 2.23. The van der Waals surface area contributed by atoms with Gasteiger partial charge in [-0.15, -0.1) is 0 Å². The maximum absolute atomic E-state index is 13.5. The van der Waals surface area contributed by atoms with E-state index in [-0.39, 0.29) is 6.10 Å². The Morgan fingerprint density at radius 1 is 1.32 bits per heavy atom. The van der Waals surface area contributed by atoms with Crippen LogP contribution < -0.4 is 5.73 Å². The molecule has 0 aromatic heterocycles. The maximum atomic E-state index is 13.5. The predicted molar refractivity (Wildman–Crippen MR) is 61.9 cm³/mol. The van der Waals surface area contributed by atoms with Crippen molar-refractivity contribution in [3.05, 3.63) is 35.1 Å². The Morgan fingerprint density at radius 2 is 1.95 bits per heavy atom. The summed E-state index contributed by atoms with van der Waals surface area (Å²) >= 11 is 0. The number of benzene rings is 1. The van der Waals surface area contributed by atoms with Gasteiger partial charge in [0, 0.05) is 7.11 Å². The molecule has 0 saturated heterocycles. The molecule has 0 aliphatic heterocycles. The van der Waals surface area contributed by atoms with E-state index in [2.05, 4.69) is 0 Å². The van der Waals surface area contributed by atoms with Crippen LogP contribution in [0.5, 0.6) is 0 Å². The molecule has 2 rings (SSSR count). The molecule has 2 atom stereocenters. The van der Waals surface area contributed by atoms with Crippen molar-refractivity contribution in [3.63, 3.8) is 0 Å². The Hall–Kier alpha value is -1.14. The third-order valence-corrected chi connectivity index (χ3v) is 3.40. The van der Waals surface area contributed by atoms with Crippen LogP contribution in [-0.4, -0.2) is 13.2 Å². The highest BCUT2D eigenvalue weighted by Crippen LogP contribution is 2.39. The predicted octanol–water partition coefficient (Wildman–Crippen LogP) is 3.27. The molecule has 19 heavy (non-hydrogen) atoms. The van der Waals surface area contributed by atoms with Gasteiger partial charge in [-0.25, -0.2) is 4.39 Å². The van der Waals surface area contributed by atoms with Crippen LogP contribution in [0.25, 0.3) is 0 Å². The number of hydrogen-bond acceptors (Lipinski definition) is 2. The highest BCUT2D eigenvalue weighted by atomic mass is 19.4. The summed E-state index contributed by atoms with van der Waals surface area (Å²) in [7, 11) is 1.50. The highest BCUT2D eigenvalue weighted by Gasteiger charge is 2.37. The van der Waals surface area contributed by atoms with Gasteiger partial charge in [0.05, 0.1) is 17.7 Å². The molecule has 1 aromatic rings. The van der Waals surface area contributed by atoms with E-state index in [0.717, 1.165) is 25.0 Å². The Kier molecular flexibility index (Phi) is 3.82. The van der Waals surface area contributed by atoms with E-state index >= 15 is 0 Å². The molecule has 1 aliphatic rings. The van der Waals surface area contributed by atoms with Crippen molar-refractivity contribution in [3.8, 4) is 0 Å². The van der Waals surface area contributed by atoms with Gasteiger partial charge in [-0.05, 0) is 36.5 Å². The van der Waals surface area contributed by atoms with Crippen LogP contribution in [-0.2, 0) is 10.9 Å². The molecule has 6 heteroatoms. The van der Waals surface area contributed by atoms with E-state index in [1.54, 1.807) is 0 Å². The maximum Gasteiger partial charge on any atom is 0.419 e. The summed E-state index contributed by atoms with van der Waals surface area (Å²) in [5.74, 6) is -0.989. The van der Waals surface area contributed by atoms with Crippen molar-refractivity contribution in [1.82, 2.24) is 0 Å². The average Bonchev–Trinajstić information content (AvgIpc) is 3.12. The van der Waals surface area contributed by atoms with Gasteiger partial charge in [0.2, 0.25) is 0 Å². The van der Waals surface area contributed by atoms with E-state index in [9.17, 15) is 17.6 Å². The van der Waals surface area contributed by atoms with Gasteiger partial charge >= 0.3 is 6.18 Å². The van der Waals surface area contributed by atoms with Gasteiger partial charge < -0.3 is 10.5 Å². The zero-order chi connectivity index (χ0) is 14.2. The molecule has 0 heterocycles. The van der Waals surface area contributed by atoms with Gasteiger partial charge in [0.15, 0.2) is 0 Å². The van der Waals surface area contributed by atoms with Gasteiger partial charge in [-0.1, -0.05) is 6.07 Å². The second kappa shape index (κ2) is 5.09. The van der Waals surface area contributed by atoms with Crippen molar-refractivity contribution in [2.24, 2.45) is 11.7 Å². The first-order chi connectivity index (χ1) is 8.84. The summed E-state index contributed by atoms with van der Waals surface area (Å²) in [5, 5.41) is 0. The monoisotopic (exact) mass is 277 g/mol. The van der Waals surface area contributed by atoms with Gasteiger partial charge in [0.25, 0.3) is 0 Å². The number of methoxy groups -OCH3 is 1. The molecule has 0 amide bonds. The molecule has 2 nitrogen and oxygen atoms in total. The zero-order valence-electron chi connectivity index (χ0n) is 10.4. The lowest BCUT2D eigenvalue weighted by atomic mass is 9.97. The summed E-state index contributed by atoms with van der Waals surface area (Å²) in [6, 6.07) is 2.17. The lowest BCUT2D eigenvalue weighted by molar-refractivity contribution is -0.140. The molecule has 1 fully saturated rings. The van der Waals surface area contributed by atoms with Crippen molar-refractivity contribution in [2.75, 3.05) is 7.11 Å². The summed E-state index contributed by atoms with van der Waals surface area (Å²) in [6.07, 6.45) is -3.01. The SMILES string of the molecule is COC(C1CC1)C(N)c1ccc(C(F)(F)F)c(F)c1. The molecular weight excluding hydrogens is 262 g/mol. The second-order valence-electron chi connectivity index (χ2n) is 4.80. The first-order valence-corrected chi connectivity index (χ1v) is 5.99. The Bertz CT molecular complexity index is 456. The molecule has 0 radical (unpaired) electrons. The van der Waals surface area contributed by atoms with Crippen molar-refractivity contribution in [2.45, 2.75) is 31.2 Å². The van der Waals surface area contributed by atoms with Crippen LogP contribution in [0, 0.1) is 11.7 Å². The second-order valence-corrected chi connectivity index (χ2v) is 4.80. The topological polar surface area (TPSA) is 35.2 Å². The van der Waals surface area contributed by atoms with E-state index < -0.39 is 23.6 Å². The van der Waals surface area contributed by atoms with Gasteiger partial charge in [0.1, 0.15) is 5.82 Å². The van der Waals surface area contributed by atoms with E-state index in [1.165, 1.54) is 13.2 Å². The molecule has 2 unspecified atom stereocenters. The van der Waals surface area contributed by atoms with Crippen LogP contribution in [0.2, 0.25) is 0 Å². The minimum absolute atomic E-state index is 0.281. The number of rotatable bonds is 4. The van der Waals surface area contributed by atoms with E-state index in [0.29, 0.717) is 11.5 Å². The lowest BCUT2D eigenvalue weighted by Gasteiger charge is -2.23. The summed E-state index contributed by atoms with van der Waals surface area (Å²) in [6.45, 7) is 0. The minimum Gasteiger partial charge on any atom is -0.379 e. The Labute approximate surface area is 108 Å². The molecule has 0 bridgehead atoms. The third-order valence-electron chi connectivity index (χ3n) is 3.40. The molecule has 1 aliphatic carbocycles. The number of ether oxygens (including phenoxy) is 1. The molecule has 106 valence electrons. The number of alkyl halides is 3. The molecule has 0 spiro atoms. The molecule has 1 saturated carbocycles. The van der Waals surface area contributed by atoms with Gasteiger partial charge in [-0.3, -0.25) is 0 Å². The normalized spacial score (nSPS) is 19.3. The average molecular weight is 277 g/mol. The number of hydrogen-bond donors (Lipinski definition) is 1. The van der Waals surface area contributed by atoms with Crippen LogP contribution in [0.4, 0.5) is 17.6 Å². The van der Waals surface area contributed by atoms with Crippen LogP contribution in [0.15, 0.2) is 18.2 Å². The quantitative estimate of drug-likeness (QED) is 0.857.